The summed E-state index contributed by atoms with van der Waals surface area (Å²) in [6.07, 6.45) is 3.26. The normalized spacial score (nSPS) is 14.4. The van der Waals surface area contributed by atoms with E-state index in [1.165, 1.54) is 12.0 Å². The Bertz CT molecular complexity index is 2020. The van der Waals surface area contributed by atoms with Gasteiger partial charge in [-0.15, -0.1) is 10.2 Å². The van der Waals surface area contributed by atoms with Crippen LogP contribution in [-0.2, 0) is 5.54 Å². The van der Waals surface area contributed by atoms with Gasteiger partial charge in [0.2, 0.25) is 0 Å². The Morgan fingerprint density at radius 1 is 0.732 bits per heavy atom. The van der Waals surface area contributed by atoms with Crippen LogP contribution in [0.3, 0.4) is 0 Å². The lowest BCUT2D eigenvalue weighted by Gasteiger charge is -2.38. The van der Waals surface area contributed by atoms with Gasteiger partial charge in [0.05, 0.1) is 22.4 Å². The van der Waals surface area contributed by atoms with E-state index in [1.807, 2.05) is 54.6 Å². The highest BCUT2D eigenvalue weighted by Gasteiger charge is 2.34. The number of benzene rings is 3. The Hall–Kier alpha value is -5.14. The number of hydrogen-bond donors (Lipinski definition) is 2. The van der Waals surface area contributed by atoms with Crippen molar-refractivity contribution in [1.29, 1.82) is 0 Å². The first-order valence-corrected chi connectivity index (χ1v) is 13.9. The summed E-state index contributed by atoms with van der Waals surface area (Å²) in [6, 6.07) is 37.3. The predicted molar refractivity (Wildman–Crippen MR) is 162 cm³/mol. The van der Waals surface area contributed by atoms with Gasteiger partial charge < -0.3 is 5.73 Å². The minimum absolute atomic E-state index is 0.193. The van der Waals surface area contributed by atoms with E-state index in [-0.39, 0.29) is 5.54 Å². The first kappa shape index (κ1) is 23.7. The lowest BCUT2D eigenvalue weighted by molar-refractivity contribution is 0.253. The van der Waals surface area contributed by atoms with E-state index in [9.17, 15) is 0 Å². The van der Waals surface area contributed by atoms with Gasteiger partial charge in [-0.05, 0) is 54.7 Å². The van der Waals surface area contributed by atoms with Crippen LogP contribution in [0, 0.1) is 0 Å². The molecule has 7 heteroatoms. The zero-order valence-corrected chi connectivity index (χ0v) is 22.3. The van der Waals surface area contributed by atoms with E-state index in [0.29, 0.717) is 5.82 Å². The van der Waals surface area contributed by atoms with Crippen molar-refractivity contribution in [3.8, 4) is 45.2 Å². The van der Waals surface area contributed by atoms with Crippen LogP contribution in [0.2, 0.25) is 0 Å². The van der Waals surface area contributed by atoms with Gasteiger partial charge in [-0.2, -0.15) is 5.10 Å². The fraction of sp³-hybridized carbons (Fsp3) is 0.118. The number of hydrogen-bond acceptors (Lipinski definition) is 5. The second-order valence-electron chi connectivity index (χ2n) is 10.8. The number of nitrogens with two attached hydrogens (primary N) is 1. The van der Waals surface area contributed by atoms with Crippen molar-refractivity contribution < 1.29 is 0 Å². The van der Waals surface area contributed by atoms with Crippen molar-refractivity contribution >= 4 is 16.7 Å². The maximum atomic E-state index is 6.61. The van der Waals surface area contributed by atoms with Crippen LogP contribution in [0.5, 0.6) is 0 Å². The molecule has 0 atom stereocenters. The summed E-state index contributed by atoms with van der Waals surface area (Å²) in [5, 5.41) is 16.8. The lowest BCUT2D eigenvalue weighted by Crippen LogP contribution is -2.43. The molecule has 1 saturated carbocycles. The molecule has 0 bridgehead atoms. The van der Waals surface area contributed by atoms with E-state index in [1.54, 1.807) is 0 Å². The van der Waals surface area contributed by atoms with Gasteiger partial charge in [-0.3, -0.25) is 9.50 Å². The maximum absolute atomic E-state index is 6.61. The van der Waals surface area contributed by atoms with E-state index >= 15 is 0 Å². The van der Waals surface area contributed by atoms with Gasteiger partial charge >= 0.3 is 0 Å². The van der Waals surface area contributed by atoms with Gasteiger partial charge in [-0.1, -0.05) is 84.9 Å². The molecule has 0 unspecified atom stereocenters. The number of aromatic amines is 1. The Labute approximate surface area is 236 Å². The molecule has 1 aliphatic rings. The predicted octanol–water partition coefficient (Wildman–Crippen LogP) is 7.01. The summed E-state index contributed by atoms with van der Waals surface area (Å²) < 4.78 is 2.05. The first-order chi connectivity index (χ1) is 20.2. The molecule has 0 saturated heterocycles. The summed E-state index contributed by atoms with van der Waals surface area (Å²) in [5.74, 6) is 0.687. The van der Waals surface area contributed by atoms with Crippen molar-refractivity contribution in [3.05, 3.63) is 115 Å². The number of pyridine rings is 2. The molecule has 7 nitrogen and oxygen atoms in total. The Balaban J connectivity index is 1.31. The van der Waals surface area contributed by atoms with E-state index in [0.717, 1.165) is 68.9 Å². The monoisotopic (exact) mass is 533 g/mol. The van der Waals surface area contributed by atoms with Gasteiger partial charge in [-0.25, -0.2) is 4.98 Å². The first-order valence-electron chi connectivity index (χ1n) is 13.9. The third-order valence-electron chi connectivity index (χ3n) is 8.30. The number of fused-ring (bicyclic) bond motifs is 3. The van der Waals surface area contributed by atoms with Crippen LogP contribution in [-0.4, -0.2) is 29.8 Å². The summed E-state index contributed by atoms with van der Waals surface area (Å²) in [7, 11) is 0. The quantitative estimate of drug-likeness (QED) is 0.248. The van der Waals surface area contributed by atoms with Crippen LogP contribution in [0.1, 0.15) is 24.8 Å². The van der Waals surface area contributed by atoms with Crippen molar-refractivity contribution in [2.45, 2.75) is 24.8 Å². The van der Waals surface area contributed by atoms with Crippen LogP contribution in [0.4, 0.5) is 0 Å². The molecule has 41 heavy (non-hydrogen) atoms. The molecule has 1 aliphatic carbocycles. The van der Waals surface area contributed by atoms with Gasteiger partial charge in [0.25, 0.3) is 0 Å². The highest BCUT2D eigenvalue weighted by Crippen LogP contribution is 2.40. The van der Waals surface area contributed by atoms with Gasteiger partial charge in [0, 0.05) is 22.2 Å². The van der Waals surface area contributed by atoms with Crippen molar-refractivity contribution in [1.82, 2.24) is 29.8 Å². The molecule has 198 valence electrons. The van der Waals surface area contributed by atoms with Crippen molar-refractivity contribution in [2.75, 3.05) is 0 Å². The molecule has 8 rings (SSSR count). The molecule has 3 aromatic carbocycles. The summed E-state index contributed by atoms with van der Waals surface area (Å²) in [5.41, 5.74) is 16.9. The van der Waals surface area contributed by atoms with Crippen LogP contribution in [0.25, 0.3) is 61.8 Å². The third-order valence-corrected chi connectivity index (χ3v) is 8.30. The number of H-pyrrole nitrogens is 1. The fourth-order valence-electron chi connectivity index (χ4n) is 5.85. The largest absolute Gasteiger partial charge is 0.321 e. The average molecular weight is 534 g/mol. The SMILES string of the molecule is NC1(c2ccc(-c3nc4ccc5nnc(-c6cc(-c7ccccc7)n[nH]6)n5c4cc3-c3ccccc3)cc2)CCC1. The van der Waals surface area contributed by atoms with E-state index in [2.05, 4.69) is 79.4 Å². The fourth-order valence-corrected chi connectivity index (χ4v) is 5.85. The molecular weight excluding hydrogens is 506 g/mol. The second kappa shape index (κ2) is 9.21. The molecule has 7 aromatic rings. The third kappa shape index (κ3) is 3.93. The number of nitrogens with one attached hydrogen (secondary N) is 1. The number of aromatic nitrogens is 6. The smallest absolute Gasteiger partial charge is 0.186 e. The molecule has 0 amide bonds. The zero-order valence-electron chi connectivity index (χ0n) is 22.3. The summed E-state index contributed by atoms with van der Waals surface area (Å²) in [4.78, 5) is 5.23. The highest BCUT2D eigenvalue weighted by atomic mass is 15.3. The van der Waals surface area contributed by atoms with Crippen molar-refractivity contribution in [2.24, 2.45) is 5.73 Å². The van der Waals surface area contributed by atoms with Gasteiger partial charge in [0.1, 0.15) is 5.69 Å². The molecule has 4 heterocycles. The molecule has 3 N–H and O–H groups in total. The minimum atomic E-state index is -0.193. The lowest BCUT2D eigenvalue weighted by atomic mass is 9.72. The molecule has 0 aliphatic heterocycles. The number of nitrogens with zero attached hydrogens (tertiary/aromatic N) is 5. The van der Waals surface area contributed by atoms with Crippen LogP contribution in [0.15, 0.2) is 109 Å². The summed E-state index contributed by atoms with van der Waals surface area (Å²) >= 11 is 0. The Morgan fingerprint density at radius 2 is 1.46 bits per heavy atom. The standard InChI is InChI=1S/C34H27N7/c35-34(18-7-19-34)25-14-12-24(13-15-25)32-26(22-8-3-1-4-9-22)20-30-27(36-32)16-17-31-39-40-33(41(30)31)29-21-28(37-38-29)23-10-5-2-6-11-23/h1-6,8-17,20-21H,7,18-19,35H2,(H,37,38). The Kier molecular flexibility index (Phi) is 5.33. The number of rotatable bonds is 5. The van der Waals surface area contributed by atoms with Gasteiger partial charge in [0.15, 0.2) is 11.5 Å². The topological polar surface area (TPSA) is 97.8 Å². The van der Waals surface area contributed by atoms with Crippen molar-refractivity contribution in [3.63, 3.8) is 0 Å². The van der Waals surface area contributed by atoms with Crippen LogP contribution >= 0.6 is 0 Å². The summed E-state index contributed by atoms with van der Waals surface area (Å²) in [6.45, 7) is 0. The zero-order chi connectivity index (χ0) is 27.4. The second-order valence-corrected chi connectivity index (χ2v) is 10.8. The molecular formula is C34H27N7. The minimum Gasteiger partial charge on any atom is -0.321 e. The maximum Gasteiger partial charge on any atom is 0.186 e. The van der Waals surface area contributed by atoms with E-state index in [4.69, 9.17) is 10.7 Å². The molecule has 1 fully saturated rings. The van der Waals surface area contributed by atoms with E-state index < -0.39 is 0 Å². The Morgan fingerprint density at radius 3 is 2.17 bits per heavy atom. The molecule has 0 spiro atoms. The average Bonchev–Trinajstić information content (AvgIpc) is 3.68. The highest BCUT2D eigenvalue weighted by molar-refractivity contribution is 5.92. The van der Waals surface area contributed by atoms with Crippen LogP contribution < -0.4 is 5.73 Å². The molecule has 0 radical (unpaired) electrons. The molecule has 4 aromatic heterocycles.